The Kier molecular flexibility index (Phi) is 8.54. The van der Waals surface area contributed by atoms with Gasteiger partial charge in [0.05, 0.1) is 22.4 Å². The van der Waals surface area contributed by atoms with Gasteiger partial charge >= 0.3 is 0 Å². The van der Waals surface area contributed by atoms with Crippen LogP contribution in [-0.2, 0) is 9.59 Å². The van der Waals surface area contributed by atoms with Crippen molar-refractivity contribution in [3.05, 3.63) is 70.5 Å². The lowest BCUT2D eigenvalue weighted by Gasteiger charge is -2.36. The van der Waals surface area contributed by atoms with Crippen LogP contribution in [0.1, 0.15) is 40.0 Å². The number of amides is 3. The number of carbonyl (C=O) groups excluding carboxylic acids is 4. The maximum atomic E-state index is 13.9. The lowest BCUT2D eigenvalue weighted by atomic mass is 9.81. The van der Waals surface area contributed by atoms with Crippen LogP contribution in [0.5, 0.6) is 0 Å². The summed E-state index contributed by atoms with van der Waals surface area (Å²) in [6.45, 7) is 0. The van der Waals surface area contributed by atoms with E-state index in [2.05, 4.69) is 31.9 Å². The molecule has 1 saturated heterocycles. The lowest BCUT2D eigenvalue weighted by molar-refractivity contribution is -0.156. The Labute approximate surface area is 234 Å². The molecular formula is C25H21Br2Cl2FN2O4. The first-order valence-corrected chi connectivity index (χ1v) is 14.0. The SMILES string of the molecule is O=C(c1ccc(F)cc1)[C@H](CCCl)N(C(=O)c1ccccc1Cl)N1C(=O)[C@@H]2C[C@H](Br)[C@@H](Br)C[C@H]2C1=O. The summed E-state index contributed by atoms with van der Waals surface area (Å²) in [6, 6.07) is 9.71. The second-order valence-electron chi connectivity index (χ2n) is 8.70. The number of carbonyl (C=O) groups is 4. The Morgan fingerprint density at radius 3 is 2.08 bits per heavy atom. The van der Waals surface area contributed by atoms with Gasteiger partial charge in [0.2, 0.25) is 0 Å². The molecule has 1 heterocycles. The molecule has 2 fully saturated rings. The summed E-state index contributed by atoms with van der Waals surface area (Å²) in [5.74, 6) is -4.33. The number of hydrogen-bond acceptors (Lipinski definition) is 4. The molecule has 0 N–H and O–H groups in total. The number of rotatable bonds is 7. The first-order valence-electron chi connectivity index (χ1n) is 11.2. The largest absolute Gasteiger partial charge is 0.292 e. The number of halogens is 5. The van der Waals surface area contributed by atoms with Crippen LogP contribution in [0.3, 0.4) is 0 Å². The van der Waals surface area contributed by atoms with Crippen molar-refractivity contribution in [3.63, 3.8) is 0 Å². The molecule has 0 aromatic heterocycles. The quantitative estimate of drug-likeness (QED) is 0.219. The monoisotopic (exact) mass is 660 g/mol. The van der Waals surface area contributed by atoms with Gasteiger partial charge in [0, 0.05) is 21.1 Å². The summed E-state index contributed by atoms with van der Waals surface area (Å²) >= 11 is 19.4. The molecule has 1 aliphatic carbocycles. The summed E-state index contributed by atoms with van der Waals surface area (Å²) in [5, 5.41) is 1.82. The maximum absolute atomic E-state index is 13.9. The average molecular weight is 663 g/mol. The number of hydrogen-bond donors (Lipinski definition) is 0. The predicted molar refractivity (Wildman–Crippen MR) is 141 cm³/mol. The van der Waals surface area contributed by atoms with Crippen molar-refractivity contribution in [1.29, 1.82) is 0 Å². The van der Waals surface area contributed by atoms with Crippen LogP contribution in [0, 0.1) is 17.7 Å². The lowest BCUT2D eigenvalue weighted by Crippen LogP contribution is -2.57. The van der Waals surface area contributed by atoms with Gasteiger partial charge < -0.3 is 0 Å². The number of nitrogens with zero attached hydrogens (tertiary/aromatic N) is 2. The van der Waals surface area contributed by atoms with Crippen molar-refractivity contribution in [2.45, 2.75) is 35.0 Å². The number of Topliss-reactive ketones (excluding diaryl/α,β-unsaturated/α-hetero) is 1. The molecule has 190 valence electrons. The molecule has 0 spiro atoms. The molecular weight excluding hydrogens is 642 g/mol. The van der Waals surface area contributed by atoms with E-state index < -0.39 is 47.2 Å². The highest BCUT2D eigenvalue weighted by Crippen LogP contribution is 2.44. The van der Waals surface area contributed by atoms with Gasteiger partial charge in [-0.25, -0.2) is 9.40 Å². The van der Waals surface area contributed by atoms with Gasteiger partial charge in [-0.2, -0.15) is 5.01 Å². The van der Waals surface area contributed by atoms with E-state index in [9.17, 15) is 23.6 Å². The van der Waals surface area contributed by atoms with E-state index in [1.165, 1.54) is 24.3 Å². The Morgan fingerprint density at radius 1 is 1.00 bits per heavy atom. The van der Waals surface area contributed by atoms with Gasteiger partial charge in [0.15, 0.2) is 5.78 Å². The third-order valence-electron chi connectivity index (χ3n) is 6.53. The second kappa shape index (κ2) is 11.3. The van der Waals surface area contributed by atoms with E-state index in [0.29, 0.717) is 12.8 Å². The van der Waals surface area contributed by atoms with Crippen molar-refractivity contribution >= 4 is 78.6 Å². The fourth-order valence-electron chi connectivity index (χ4n) is 4.69. The minimum atomic E-state index is -1.30. The molecule has 2 aliphatic rings. The minimum Gasteiger partial charge on any atom is -0.292 e. The molecule has 0 bridgehead atoms. The number of benzene rings is 2. The summed E-state index contributed by atoms with van der Waals surface area (Å²) in [4.78, 5) is 54.7. The summed E-state index contributed by atoms with van der Waals surface area (Å²) in [5.41, 5.74) is 0.138. The molecule has 6 nitrogen and oxygen atoms in total. The molecule has 0 radical (unpaired) electrons. The van der Waals surface area contributed by atoms with Gasteiger partial charge in [-0.1, -0.05) is 55.6 Å². The van der Waals surface area contributed by atoms with Gasteiger partial charge in [0.25, 0.3) is 17.7 Å². The number of hydrazine groups is 1. The standard InChI is InChI=1S/C25H21Br2Cl2FN2O4/c26-18-11-16-17(12-19(18)27)25(36)32(24(16)35)31(23(34)15-3-1-2-4-20(15)29)21(9-10-28)22(33)13-5-7-14(30)8-6-13/h1-8,16-19,21H,9-12H2/t16-,17-,18+,19+,21+/m1/s1. The van der Waals surface area contributed by atoms with E-state index in [4.69, 9.17) is 23.2 Å². The highest BCUT2D eigenvalue weighted by atomic mass is 79.9. The molecule has 2 aromatic carbocycles. The molecule has 36 heavy (non-hydrogen) atoms. The molecule has 11 heteroatoms. The van der Waals surface area contributed by atoms with E-state index in [1.807, 2.05) is 0 Å². The average Bonchev–Trinajstić information content (AvgIpc) is 3.08. The van der Waals surface area contributed by atoms with Crippen LogP contribution in [-0.4, -0.2) is 55.1 Å². The van der Waals surface area contributed by atoms with Crippen LogP contribution in [0.15, 0.2) is 48.5 Å². The molecule has 5 atom stereocenters. The Bertz CT molecular complexity index is 1170. The third-order valence-corrected chi connectivity index (χ3v) is 9.81. The fraction of sp³-hybridized carbons (Fsp3) is 0.360. The van der Waals surface area contributed by atoms with E-state index in [-0.39, 0.29) is 38.1 Å². The van der Waals surface area contributed by atoms with Gasteiger partial charge in [-0.3, -0.25) is 19.2 Å². The third kappa shape index (κ3) is 5.12. The summed E-state index contributed by atoms with van der Waals surface area (Å²) in [6.07, 6.45) is 0.728. The highest BCUT2D eigenvalue weighted by Gasteiger charge is 2.56. The summed E-state index contributed by atoms with van der Waals surface area (Å²) in [7, 11) is 0. The number of imide groups is 1. The van der Waals surface area contributed by atoms with Crippen molar-refractivity contribution < 1.29 is 23.6 Å². The molecule has 4 rings (SSSR count). The Balaban J connectivity index is 1.82. The van der Waals surface area contributed by atoms with Crippen LogP contribution < -0.4 is 0 Å². The fourth-order valence-corrected chi connectivity index (χ4v) is 6.35. The van der Waals surface area contributed by atoms with Gasteiger partial charge in [-0.05, 0) is 55.7 Å². The predicted octanol–water partition coefficient (Wildman–Crippen LogP) is 5.64. The number of fused-ring (bicyclic) bond motifs is 1. The van der Waals surface area contributed by atoms with Gasteiger partial charge in [-0.15, -0.1) is 11.6 Å². The smallest absolute Gasteiger partial charge is 0.275 e. The Hall–Kier alpha value is -1.81. The van der Waals surface area contributed by atoms with Crippen molar-refractivity contribution in [3.8, 4) is 0 Å². The molecule has 2 aromatic rings. The Morgan fingerprint density at radius 2 is 1.56 bits per heavy atom. The van der Waals surface area contributed by atoms with E-state index in [0.717, 1.165) is 22.2 Å². The van der Waals surface area contributed by atoms with Crippen LogP contribution in [0.2, 0.25) is 5.02 Å². The van der Waals surface area contributed by atoms with E-state index >= 15 is 0 Å². The number of ketones is 1. The molecule has 0 unspecified atom stereocenters. The van der Waals surface area contributed by atoms with Crippen LogP contribution in [0.4, 0.5) is 4.39 Å². The number of alkyl halides is 3. The zero-order valence-electron chi connectivity index (χ0n) is 18.8. The first-order chi connectivity index (χ1) is 17.1. The molecule has 1 saturated carbocycles. The van der Waals surface area contributed by atoms with Crippen molar-refractivity contribution in [2.24, 2.45) is 11.8 Å². The molecule has 1 aliphatic heterocycles. The first kappa shape index (κ1) is 27.2. The van der Waals surface area contributed by atoms with E-state index in [1.54, 1.807) is 12.1 Å². The van der Waals surface area contributed by atoms with Crippen molar-refractivity contribution in [1.82, 2.24) is 10.0 Å². The molecule has 3 amide bonds. The minimum absolute atomic E-state index is 0.0258. The van der Waals surface area contributed by atoms with Gasteiger partial charge in [0.1, 0.15) is 11.9 Å². The normalized spacial score (nSPS) is 24.4. The highest BCUT2D eigenvalue weighted by molar-refractivity contribution is 9.12. The zero-order valence-corrected chi connectivity index (χ0v) is 23.4. The van der Waals surface area contributed by atoms with Crippen molar-refractivity contribution in [2.75, 3.05) is 5.88 Å². The maximum Gasteiger partial charge on any atom is 0.275 e. The zero-order chi connectivity index (χ0) is 26.1. The summed E-state index contributed by atoms with van der Waals surface area (Å²) < 4.78 is 13.5. The second-order valence-corrected chi connectivity index (χ2v) is 11.8. The topological polar surface area (TPSA) is 74.8 Å². The van der Waals surface area contributed by atoms with Crippen LogP contribution >= 0.6 is 55.1 Å². The van der Waals surface area contributed by atoms with Crippen LogP contribution in [0.25, 0.3) is 0 Å².